The molecule has 6 nitrogen and oxygen atoms in total. The van der Waals surface area contributed by atoms with Crippen LogP contribution in [0.15, 0.2) is 16.5 Å². The number of furan rings is 1. The van der Waals surface area contributed by atoms with Crippen molar-refractivity contribution >= 4 is 11.8 Å². The first-order valence-corrected chi connectivity index (χ1v) is 9.79. The molecular weight excluding hydrogens is 330 g/mol. The molecule has 26 heavy (non-hydrogen) atoms. The van der Waals surface area contributed by atoms with Crippen molar-refractivity contribution in [2.45, 2.75) is 38.6 Å². The van der Waals surface area contributed by atoms with Gasteiger partial charge in [-0.05, 0) is 56.7 Å². The summed E-state index contributed by atoms with van der Waals surface area (Å²) in [4.78, 5) is 31.0. The molecule has 4 rings (SSSR count). The molecule has 1 aromatic rings. The molecule has 1 spiro atoms. The Morgan fingerprint density at radius 1 is 1.27 bits per heavy atom. The average Bonchev–Trinajstić information content (AvgIpc) is 3.15. The van der Waals surface area contributed by atoms with Crippen LogP contribution in [0.1, 0.15) is 48.4 Å². The molecule has 3 fully saturated rings. The Morgan fingerprint density at radius 2 is 2.08 bits per heavy atom. The highest BCUT2D eigenvalue weighted by Crippen LogP contribution is 2.42. The van der Waals surface area contributed by atoms with Gasteiger partial charge in [0.05, 0.1) is 12.0 Å². The van der Waals surface area contributed by atoms with E-state index in [9.17, 15) is 9.59 Å². The molecule has 1 atom stereocenters. The van der Waals surface area contributed by atoms with E-state index >= 15 is 0 Å². The van der Waals surface area contributed by atoms with Crippen molar-refractivity contribution in [3.63, 3.8) is 0 Å². The third kappa shape index (κ3) is 3.39. The average molecular weight is 359 g/mol. The number of piperidine rings is 1. The van der Waals surface area contributed by atoms with Gasteiger partial charge >= 0.3 is 0 Å². The summed E-state index contributed by atoms with van der Waals surface area (Å²) in [7, 11) is 3.44. The standard InChI is InChI=1S/C20H29N3O3/c1-21(2)18(24)17-7-6-16(26-17)13-22-11-9-20(14-22)8-3-10-23(19(20)25)12-15-4-5-15/h6-7,15H,3-5,8-14H2,1-2H3/t20-/m0/s1. The van der Waals surface area contributed by atoms with Crippen LogP contribution < -0.4 is 0 Å². The number of hydrogen-bond donors (Lipinski definition) is 0. The van der Waals surface area contributed by atoms with Gasteiger partial charge in [0.1, 0.15) is 5.76 Å². The smallest absolute Gasteiger partial charge is 0.289 e. The highest BCUT2D eigenvalue weighted by Gasteiger charge is 2.48. The van der Waals surface area contributed by atoms with E-state index in [1.165, 1.54) is 17.7 Å². The summed E-state index contributed by atoms with van der Waals surface area (Å²) >= 11 is 0. The summed E-state index contributed by atoms with van der Waals surface area (Å²) in [5.41, 5.74) is -0.192. The number of nitrogens with zero attached hydrogens (tertiary/aromatic N) is 3. The van der Waals surface area contributed by atoms with E-state index in [4.69, 9.17) is 4.42 Å². The van der Waals surface area contributed by atoms with Crippen LogP contribution in [-0.2, 0) is 11.3 Å². The summed E-state index contributed by atoms with van der Waals surface area (Å²) in [5.74, 6) is 2.18. The molecule has 0 unspecified atom stereocenters. The molecule has 6 heteroatoms. The van der Waals surface area contributed by atoms with Gasteiger partial charge in [-0.15, -0.1) is 0 Å². The zero-order valence-electron chi connectivity index (χ0n) is 15.9. The third-order valence-electron chi connectivity index (χ3n) is 6.09. The van der Waals surface area contributed by atoms with E-state index in [1.54, 1.807) is 20.2 Å². The van der Waals surface area contributed by atoms with E-state index < -0.39 is 0 Å². The van der Waals surface area contributed by atoms with Gasteiger partial charge in [0.2, 0.25) is 5.91 Å². The zero-order chi connectivity index (χ0) is 18.3. The zero-order valence-corrected chi connectivity index (χ0v) is 15.9. The largest absolute Gasteiger partial charge is 0.455 e. The second kappa shape index (κ2) is 6.72. The third-order valence-corrected chi connectivity index (χ3v) is 6.09. The number of amides is 2. The van der Waals surface area contributed by atoms with Crippen LogP contribution in [0.25, 0.3) is 0 Å². The van der Waals surface area contributed by atoms with Gasteiger partial charge in [0.25, 0.3) is 5.91 Å². The monoisotopic (exact) mass is 359 g/mol. The minimum Gasteiger partial charge on any atom is -0.455 e. The number of likely N-dealkylation sites (tertiary alicyclic amines) is 2. The topological polar surface area (TPSA) is 57.0 Å². The Morgan fingerprint density at radius 3 is 2.81 bits per heavy atom. The Bertz CT molecular complexity index is 694. The van der Waals surface area contributed by atoms with Crippen molar-refractivity contribution in [3.05, 3.63) is 23.7 Å². The summed E-state index contributed by atoms with van der Waals surface area (Å²) in [6, 6.07) is 3.62. The first-order chi connectivity index (χ1) is 12.5. The summed E-state index contributed by atoms with van der Waals surface area (Å²) in [6.45, 7) is 4.30. The normalized spacial score (nSPS) is 26.7. The summed E-state index contributed by atoms with van der Waals surface area (Å²) in [6.07, 6.45) is 5.64. The Labute approximate surface area is 155 Å². The fraction of sp³-hybridized carbons (Fsp3) is 0.700. The van der Waals surface area contributed by atoms with E-state index in [1.807, 2.05) is 6.07 Å². The van der Waals surface area contributed by atoms with E-state index in [2.05, 4.69) is 9.80 Å². The molecular formula is C20H29N3O3. The molecule has 2 amide bonds. The molecule has 2 aliphatic heterocycles. The van der Waals surface area contributed by atoms with Crippen LogP contribution in [0, 0.1) is 11.3 Å². The van der Waals surface area contributed by atoms with E-state index in [-0.39, 0.29) is 11.3 Å². The number of carbonyl (C=O) groups excluding carboxylic acids is 2. The van der Waals surface area contributed by atoms with Gasteiger partial charge in [-0.2, -0.15) is 0 Å². The molecule has 0 bridgehead atoms. The molecule has 3 heterocycles. The van der Waals surface area contributed by atoms with Crippen molar-refractivity contribution in [3.8, 4) is 0 Å². The van der Waals surface area contributed by atoms with Gasteiger partial charge in [-0.25, -0.2) is 0 Å². The first-order valence-electron chi connectivity index (χ1n) is 9.79. The number of carbonyl (C=O) groups is 2. The molecule has 0 aromatic carbocycles. The first kappa shape index (κ1) is 17.6. The van der Waals surface area contributed by atoms with Crippen molar-refractivity contribution in [1.29, 1.82) is 0 Å². The van der Waals surface area contributed by atoms with Crippen LogP contribution in [-0.4, -0.2) is 66.8 Å². The molecule has 2 saturated heterocycles. The predicted octanol–water partition coefficient (Wildman–Crippen LogP) is 2.21. The van der Waals surface area contributed by atoms with Crippen LogP contribution in [0.4, 0.5) is 0 Å². The SMILES string of the molecule is CN(C)C(=O)c1ccc(CN2CC[C@@]3(CCCN(CC4CC4)C3=O)C2)o1. The van der Waals surface area contributed by atoms with Gasteiger partial charge in [-0.1, -0.05) is 0 Å². The van der Waals surface area contributed by atoms with Crippen molar-refractivity contribution in [2.24, 2.45) is 11.3 Å². The minimum atomic E-state index is -0.192. The van der Waals surface area contributed by atoms with Crippen LogP contribution in [0.5, 0.6) is 0 Å². The highest BCUT2D eigenvalue weighted by molar-refractivity contribution is 5.91. The van der Waals surface area contributed by atoms with Gasteiger partial charge in [-0.3, -0.25) is 14.5 Å². The summed E-state index contributed by atoms with van der Waals surface area (Å²) in [5, 5.41) is 0. The highest BCUT2D eigenvalue weighted by atomic mass is 16.4. The lowest BCUT2D eigenvalue weighted by Crippen LogP contribution is -2.50. The van der Waals surface area contributed by atoms with E-state index in [0.29, 0.717) is 18.2 Å². The quantitative estimate of drug-likeness (QED) is 0.809. The van der Waals surface area contributed by atoms with E-state index in [0.717, 1.165) is 57.1 Å². The molecule has 0 N–H and O–H groups in total. The minimum absolute atomic E-state index is 0.118. The number of rotatable bonds is 5. The second-order valence-electron chi connectivity index (χ2n) is 8.50. The van der Waals surface area contributed by atoms with Crippen LogP contribution >= 0.6 is 0 Å². The fourth-order valence-corrected chi connectivity index (χ4v) is 4.43. The molecule has 1 aromatic heterocycles. The van der Waals surface area contributed by atoms with Crippen molar-refractivity contribution < 1.29 is 14.0 Å². The Hall–Kier alpha value is -1.82. The summed E-state index contributed by atoms with van der Waals surface area (Å²) < 4.78 is 5.73. The van der Waals surface area contributed by atoms with Crippen LogP contribution in [0.2, 0.25) is 0 Å². The molecule has 142 valence electrons. The Kier molecular flexibility index (Phi) is 4.55. The maximum atomic E-state index is 13.1. The van der Waals surface area contributed by atoms with Gasteiger partial charge in [0, 0.05) is 33.7 Å². The maximum absolute atomic E-state index is 13.1. The second-order valence-corrected chi connectivity index (χ2v) is 8.50. The fourth-order valence-electron chi connectivity index (χ4n) is 4.43. The molecule has 0 radical (unpaired) electrons. The maximum Gasteiger partial charge on any atom is 0.289 e. The molecule has 1 aliphatic carbocycles. The van der Waals surface area contributed by atoms with Gasteiger partial charge in [0.15, 0.2) is 5.76 Å². The molecule has 3 aliphatic rings. The van der Waals surface area contributed by atoms with Crippen molar-refractivity contribution in [1.82, 2.24) is 14.7 Å². The van der Waals surface area contributed by atoms with Crippen LogP contribution in [0.3, 0.4) is 0 Å². The van der Waals surface area contributed by atoms with Gasteiger partial charge < -0.3 is 14.2 Å². The lowest BCUT2D eigenvalue weighted by molar-refractivity contribution is -0.146. The van der Waals surface area contributed by atoms with Crippen molar-refractivity contribution in [2.75, 3.05) is 40.3 Å². The Balaban J connectivity index is 1.38. The number of hydrogen-bond acceptors (Lipinski definition) is 4. The molecule has 1 saturated carbocycles. The lowest BCUT2D eigenvalue weighted by Gasteiger charge is -2.39. The lowest BCUT2D eigenvalue weighted by atomic mass is 9.78. The predicted molar refractivity (Wildman–Crippen MR) is 97.6 cm³/mol.